The molecule has 0 N–H and O–H groups in total. The Hall–Kier alpha value is -3.21. The molecule has 5 heteroatoms. The SMILES string of the molecule is C=C(C)CN(CC)C(=O)c1cn(-c2ccccc2)nc1-c1cccnc1. The number of aromatic nitrogens is 3. The molecule has 0 spiro atoms. The summed E-state index contributed by atoms with van der Waals surface area (Å²) in [6.45, 7) is 8.95. The van der Waals surface area contributed by atoms with Crippen LogP contribution in [0.15, 0.2) is 73.2 Å². The lowest BCUT2D eigenvalue weighted by Gasteiger charge is -2.20. The highest BCUT2D eigenvalue weighted by atomic mass is 16.2. The van der Waals surface area contributed by atoms with Crippen molar-refractivity contribution in [2.24, 2.45) is 0 Å². The van der Waals surface area contributed by atoms with Crippen molar-refractivity contribution < 1.29 is 4.79 Å². The number of likely N-dealkylation sites (N-methyl/N-ethyl adjacent to an activating group) is 1. The van der Waals surface area contributed by atoms with Gasteiger partial charge in [-0.1, -0.05) is 30.4 Å². The van der Waals surface area contributed by atoms with Crippen LogP contribution in [0.2, 0.25) is 0 Å². The Morgan fingerprint density at radius 3 is 2.58 bits per heavy atom. The molecule has 0 fully saturated rings. The second-order valence-corrected chi connectivity index (χ2v) is 6.19. The van der Waals surface area contributed by atoms with Crippen LogP contribution in [0.25, 0.3) is 16.9 Å². The fourth-order valence-corrected chi connectivity index (χ4v) is 2.78. The summed E-state index contributed by atoms with van der Waals surface area (Å²) < 4.78 is 1.74. The summed E-state index contributed by atoms with van der Waals surface area (Å²) in [5.41, 5.74) is 3.85. The van der Waals surface area contributed by atoms with Crippen molar-refractivity contribution in [1.82, 2.24) is 19.7 Å². The second-order valence-electron chi connectivity index (χ2n) is 6.19. The van der Waals surface area contributed by atoms with Crippen molar-refractivity contribution in [2.45, 2.75) is 13.8 Å². The van der Waals surface area contributed by atoms with E-state index in [0.29, 0.717) is 24.3 Å². The molecule has 3 rings (SSSR count). The Labute approximate surface area is 153 Å². The van der Waals surface area contributed by atoms with Gasteiger partial charge in [-0.2, -0.15) is 5.10 Å². The van der Waals surface area contributed by atoms with Crippen molar-refractivity contribution in [2.75, 3.05) is 13.1 Å². The Balaban J connectivity index is 2.09. The van der Waals surface area contributed by atoms with Gasteiger partial charge < -0.3 is 4.90 Å². The van der Waals surface area contributed by atoms with E-state index >= 15 is 0 Å². The van der Waals surface area contributed by atoms with E-state index in [-0.39, 0.29) is 5.91 Å². The van der Waals surface area contributed by atoms with Crippen molar-refractivity contribution >= 4 is 5.91 Å². The van der Waals surface area contributed by atoms with Crippen LogP contribution in [0.5, 0.6) is 0 Å². The predicted octanol–water partition coefficient (Wildman–Crippen LogP) is 3.97. The molecule has 5 nitrogen and oxygen atoms in total. The monoisotopic (exact) mass is 346 g/mol. The fraction of sp³-hybridized carbons (Fsp3) is 0.190. The summed E-state index contributed by atoms with van der Waals surface area (Å²) in [6.07, 6.45) is 5.23. The van der Waals surface area contributed by atoms with Gasteiger partial charge in [0.2, 0.25) is 0 Å². The maximum atomic E-state index is 13.2. The summed E-state index contributed by atoms with van der Waals surface area (Å²) in [6, 6.07) is 13.5. The van der Waals surface area contributed by atoms with Gasteiger partial charge in [0, 0.05) is 37.2 Å². The average Bonchev–Trinajstić information content (AvgIpc) is 3.12. The first-order chi connectivity index (χ1) is 12.6. The van der Waals surface area contributed by atoms with E-state index in [4.69, 9.17) is 0 Å². The van der Waals surface area contributed by atoms with Crippen molar-refractivity contribution in [3.8, 4) is 16.9 Å². The number of nitrogens with zero attached hydrogens (tertiary/aromatic N) is 4. The maximum Gasteiger partial charge on any atom is 0.257 e. The Bertz CT molecular complexity index is 900. The number of para-hydroxylation sites is 1. The zero-order chi connectivity index (χ0) is 18.5. The van der Waals surface area contributed by atoms with E-state index in [1.807, 2.05) is 56.3 Å². The molecule has 1 amide bonds. The van der Waals surface area contributed by atoms with Gasteiger partial charge in [0.05, 0.1) is 11.3 Å². The second kappa shape index (κ2) is 7.78. The third kappa shape index (κ3) is 3.72. The number of hydrogen-bond donors (Lipinski definition) is 0. The summed E-state index contributed by atoms with van der Waals surface area (Å²) in [7, 11) is 0. The van der Waals surface area contributed by atoms with Crippen molar-refractivity contribution in [1.29, 1.82) is 0 Å². The Kier molecular flexibility index (Phi) is 5.27. The highest BCUT2D eigenvalue weighted by Gasteiger charge is 2.22. The standard InChI is InChI=1S/C21H22N4O/c1-4-24(14-16(2)3)21(26)19-15-25(18-10-6-5-7-11-18)23-20(19)17-9-8-12-22-13-17/h5-13,15H,2,4,14H2,1,3H3. The van der Waals surface area contributed by atoms with Crippen LogP contribution in [0, 0.1) is 0 Å². The van der Waals surface area contributed by atoms with E-state index in [1.165, 1.54) is 0 Å². The van der Waals surface area contributed by atoms with Gasteiger partial charge in [0.1, 0.15) is 5.69 Å². The third-order valence-electron chi connectivity index (χ3n) is 4.03. The molecule has 0 aliphatic rings. The van der Waals surface area contributed by atoms with Crippen LogP contribution in [0.4, 0.5) is 0 Å². The van der Waals surface area contributed by atoms with Gasteiger partial charge in [-0.05, 0) is 38.1 Å². The lowest BCUT2D eigenvalue weighted by Crippen LogP contribution is -2.32. The molecule has 0 saturated carbocycles. The van der Waals surface area contributed by atoms with Gasteiger partial charge in [0.25, 0.3) is 5.91 Å². The molecular formula is C21H22N4O. The largest absolute Gasteiger partial charge is 0.335 e. The molecule has 26 heavy (non-hydrogen) atoms. The van der Waals surface area contributed by atoms with Crippen LogP contribution in [0.1, 0.15) is 24.2 Å². The molecule has 0 bridgehead atoms. The zero-order valence-corrected chi connectivity index (χ0v) is 15.1. The average molecular weight is 346 g/mol. The Morgan fingerprint density at radius 1 is 1.19 bits per heavy atom. The molecule has 1 aromatic carbocycles. The van der Waals surface area contributed by atoms with Gasteiger partial charge in [-0.25, -0.2) is 4.68 Å². The molecule has 2 aromatic heterocycles. The quantitative estimate of drug-likeness (QED) is 0.635. The molecule has 0 aliphatic heterocycles. The number of pyridine rings is 1. The van der Waals surface area contributed by atoms with E-state index in [0.717, 1.165) is 16.8 Å². The topological polar surface area (TPSA) is 51.0 Å². The minimum absolute atomic E-state index is 0.0588. The fourth-order valence-electron chi connectivity index (χ4n) is 2.78. The first-order valence-electron chi connectivity index (χ1n) is 8.59. The smallest absolute Gasteiger partial charge is 0.257 e. The summed E-state index contributed by atoms with van der Waals surface area (Å²) >= 11 is 0. The van der Waals surface area contributed by atoms with Gasteiger partial charge >= 0.3 is 0 Å². The van der Waals surface area contributed by atoms with Crippen LogP contribution < -0.4 is 0 Å². The molecule has 0 radical (unpaired) electrons. The highest BCUT2D eigenvalue weighted by molar-refractivity contribution is 6.00. The number of carbonyl (C=O) groups is 1. The van der Waals surface area contributed by atoms with E-state index in [1.54, 1.807) is 28.2 Å². The summed E-state index contributed by atoms with van der Waals surface area (Å²) in [5, 5.41) is 4.67. The van der Waals surface area contributed by atoms with Crippen LogP contribution in [-0.4, -0.2) is 38.7 Å². The molecule has 3 aromatic rings. The van der Waals surface area contributed by atoms with Crippen molar-refractivity contribution in [3.63, 3.8) is 0 Å². The van der Waals surface area contributed by atoms with Crippen molar-refractivity contribution in [3.05, 3.63) is 78.8 Å². The van der Waals surface area contributed by atoms with Gasteiger partial charge in [0.15, 0.2) is 0 Å². The number of benzene rings is 1. The lowest BCUT2D eigenvalue weighted by molar-refractivity contribution is 0.0779. The van der Waals surface area contributed by atoms with E-state index in [9.17, 15) is 4.79 Å². The predicted molar refractivity (Wildman–Crippen MR) is 103 cm³/mol. The molecule has 0 unspecified atom stereocenters. The lowest BCUT2D eigenvalue weighted by atomic mass is 10.1. The minimum Gasteiger partial charge on any atom is -0.335 e. The number of hydrogen-bond acceptors (Lipinski definition) is 3. The number of rotatable bonds is 6. The zero-order valence-electron chi connectivity index (χ0n) is 15.1. The maximum absolute atomic E-state index is 13.2. The van der Waals surface area contributed by atoms with Gasteiger partial charge in [-0.15, -0.1) is 0 Å². The molecular weight excluding hydrogens is 324 g/mol. The normalized spacial score (nSPS) is 10.5. The van der Waals surface area contributed by atoms with Crippen LogP contribution in [0.3, 0.4) is 0 Å². The molecule has 132 valence electrons. The molecule has 0 atom stereocenters. The Morgan fingerprint density at radius 2 is 1.96 bits per heavy atom. The first-order valence-corrected chi connectivity index (χ1v) is 8.59. The van der Waals surface area contributed by atoms with E-state index in [2.05, 4.69) is 16.7 Å². The third-order valence-corrected chi connectivity index (χ3v) is 4.03. The number of amides is 1. The van der Waals surface area contributed by atoms with Crippen LogP contribution in [-0.2, 0) is 0 Å². The summed E-state index contributed by atoms with van der Waals surface area (Å²) in [5.74, 6) is -0.0588. The first kappa shape index (κ1) is 17.6. The number of carbonyl (C=O) groups excluding carboxylic acids is 1. The van der Waals surface area contributed by atoms with E-state index < -0.39 is 0 Å². The molecule has 0 saturated heterocycles. The summed E-state index contributed by atoms with van der Waals surface area (Å²) in [4.78, 5) is 19.1. The van der Waals surface area contributed by atoms with Crippen LogP contribution >= 0.6 is 0 Å². The minimum atomic E-state index is -0.0588. The highest BCUT2D eigenvalue weighted by Crippen LogP contribution is 2.24. The molecule has 0 aliphatic carbocycles. The molecule has 2 heterocycles. The van der Waals surface area contributed by atoms with Gasteiger partial charge in [-0.3, -0.25) is 9.78 Å².